The van der Waals surface area contributed by atoms with Crippen LogP contribution < -0.4 is 5.73 Å². The summed E-state index contributed by atoms with van der Waals surface area (Å²) in [4.78, 5) is 17.0. The quantitative estimate of drug-likeness (QED) is 0.819. The zero-order valence-corrected chi connectivity index (χ0v) is 15.9. The van der Waals surface area contributed by atoms with E-state index in [1.807, 2.05) is 24.0 Å². The van der Waals surface area contributed by atoms with Crippen molar-refractivity contribution in [3.05, 3.63) is 29.3 Å². The van der Waals surface area contributed by atoms with Crippen molar-refractivity contribution in [1.29, 1.82) is 0 Å². The summed E-state index contributed by atoms with van der Waals surface area (Å²) in [6.45, 7) is 8.09. The van der Waals surface area contributed by atoms with Gasteiger partial charge in [-0.3, -0.25) is 4.79 Å². The van der Waals surface area contributed by atoms with E-state index in [1.54, 1.807) is 6.07 Å². The van der Waals surface area contributed by atoms with Crippen LogP contribution in [0.5, 0.6) is 0 Å². The van der Waals surface area contributed by atoms with Crippen molar-refractivity contribution in [3.63, 3.8) is 0 Å². The first-order chi connectivity index (χ1) is 10.0. The van der Waals surface area contributed by atoms with Crippen molar-refractivity contribution in [1.82, 2.24) is 9.80 Å². The second-order valence-corrected chi connectivity index (χ2v) is 6.24. The summed E-state index contributed by atoms with van der Waals surface area (Å²) in [7, 11) is 2.16. The predicted molar refractivity (Wildman–Crippen MR) is 102 cm³/mol. The average Bonchev–Trinajstić information content (AvgIpc) is 2.89. The number of amides is 1. The summed E-state index contributed by atoms with van der Waals surface area (Å²) < 4.78 is 0. The van der Waals surface area contributed by atoms with Crippen molar-refractivity contribution in [2.45, 2.75) is 26.7 Å². The molecule has 0 aromatic heterocycles. The number of carbonyl (C=O) groups excluding carboxylic acids is 1. The molecule has 1 aromatic rings. The molecule has 1 unspecified atom stereocenters. The molecule has 132 valence electrons. The lowest BCUT2D eigenvalue weighted by atomic mass is 10.1. The van der Waals surface area contributed by atoms with Gasteiger partial charge >= 0.3 is 0 Å². The number of nitrogen functional groups attached to an aromatic ring is 1. The molecule has 1 aromatic carbocycles. The molecule has 0 radical (unpaired) electrons. The number of benzene rings is 1. The van der Waals surface area contributed by atoms with Crippen LogP contribution >= 0.6 is 24.8 Å². The highest BCUT2D eigenvalue weighted by molar-refractivity contribution is 5.96. The Morgan fingerprint density at radius 3 is 2.74 bits per heavy atom. The van der Waals surface area contributed by atoms with Crippen LogP contribution in [-0.2, 0) is 0 Å². The SMILES string of the molecule is CCCN(C)CC1CCN(C(=O)c2cc(N)ccc2C)C1.Cl.Cl. The molecule has 2 rings (SSSR count). The Labute approximate surface area is 152 Å². The van der Waals surface area contributed by atoms with Crippen LogP contribution in [0.1, 0.15) is 35.7 Å². The van der Waals surface area contributed by atoms with E-state index in [4.69, 9.17) is 5.73 Å². The largest absolute Gasteiger partial charge is 0.399 e. The first-order valence-electron chi connectivity index (χ1n) is 7.85. The molecule has 1 aliphatic heterocycles. The Balaban J connectivity index is 0.00000242. The standard InChI is InChI=1S/C17H27N3O.2ClH/c1-4-8-19(3)11-14-7-9-20(12-14)17(21)16-10-15(18)6-5-13(16)2;;/h5-6,10,14H,4,7-9,11-12,18H2,1-3H3;2*1H. The minimum atomic E-state index is 0. The number of likely N-dealkylation sites (tertiary alicyclic amines) is 1. The van der Waals surface area contributed by atoms with Crippen molar-refractivity contribution < 1.29 is 4.79 Å². The van der Waals surface area contributed by atoms with E-state index in [9.17, 15) is 4.79 Å². The molecule has 0 bridgehead atoms. The fourth-order valence-electron chi connectivity index (χ4n) is 3.12. The van der Waals surface area contributed by atoms with Crippen LogP contribution in [0.2, 0.25) is 0 Å². The smallest absolute Gasteiger partial charge is 0.254 e. The van der Waals surface area contributed by atoms with Gasteiger partial charge in [-0.1, -0.05) is 13.0 Å². The molecule has 1 fully saturated rings. The number of nitrogens with two attached hydrogens (primary N) is 1. The Bertz CT molecular complexity index is 511. The molecule has 23 heavy (non-hydrogen) atoms. The summed E-state index contributed by atoms with van der Waals surface area (Å²) in [5.74, 6) is 0.715. The highest BCUT2D eigenvalue weighted by Crippen LogP contribution is 2.22. The van der Waals surface area contributed by atoms with Gasteiger partial charge in [0.2, 0.25) is 0 Å². The summed E-state index contributed by atoms with van der Waals surface area (Å²) >= 11 is 0. The second-order valence-electron chi connectivity index (χ2n) is 6.24. The number of halogens is 2. The van der Waals surface area contributed by atoms with Crippen LogP contribution in [0.3, 0.4) is 0 Å². The molecule has 1 heterocycles. The highest BCUT2D eigenvalue weighted by Gasteiger charge is 2.28. The Hall–Kier alpha value is -0.970. The minimum Gasteiger partial charge on any atom is -0.399 e. The van der Waals surface area contributed by atoms with Crippen molar-refractivity contribution in [2.75, 3.05) is 39.0 Å². The molecular weight excluding hydrogens is 333 g/mol. The van der Waals surface area contributed by atoms with Crippen LogP contribution in [0.4, 0.5) is 5.69 Å². The summed E-state index contributed by atoms with van der Waals surface area (Å²) in [5, 5.41) is 0. The van der Waals surface area contributed by atoms with Crippen LogP contribution in [0.25, 0.3) is 0 Å². The van der Waals surface area contributed by atoms with Gasteiger partial charge in [-0.05, 0) is 57.0 Å². The Morgan fingerprint density at radius 2 is 2.09 bits per heavy atom. The third-order valence-electron chi connectivity index (χ3n) is 4.24. The molecule has 6 heteroatoms. The van der Waals surface area contributed by atoms with Crippen LogP contribution in [0.15, 0.2) is 18.2 Å². The van der Waals surface area contributed by atoms with Gasteiger partial charge < -0.3 is 15.5 Å². The summed E-state index contributed by atoms with van der Waals surface area (Å²) in [5.41, 5.74) is 8.22. The maximum absolute atomic E-state index is 12.6. The van der Waals surface area contributed by atoms with Crippen LogP contribution in [0, 0.1) is 12.8 Å². The predicted octanol–water partition coefficient (Wildman–Crippen LogP) is 3.22. The van der Waals surface area contributed by atoms with E-state index in [1.165, 1.54) is 6.42 Å². The summed E-state index contributed by atoms with van der Waals surface area (Å²) in [6, 6.07) is 5.57. The van der Waals surface area contributed by atoms with E-state index >= 15 is 0 Å². The number of hydrogen-bond acceptors (Lipinski definition) is 3. The molecule has 2 N–H and O–H groups in total. The number of aryl methyl sites for hydroxylation is 1. The minimum absolute atomic E-state index is 0. The van der Waals surface area contributed by atoms with Gasteiger partial charge in [-0.15, -0.1) is 24.8 Å². The second kappa shape index (κ2) is 10.0. The number of hydrogen-bond donors (Lipinski definition) is 1. The maximum Gasteiger partial charge on any atom is 0.254 e. The first kappa shape index (κ1) is 22.0. The first-order valence-corrected chi connectivity index (χ1v) is 7.85. The molecule has 4 nitrogen and oxygen atoms in total. The lowest BCUT2D eigenvalue weighted by Gasteiger charge is -2.21. The van der Waals surface area contributed by atoms with Gasteiger partial charge in [0.15, 0.2) is 0 Å². The third kappa shape index (κ3) is 5.87. The van der Waals surface area contributed by atoms with Gasteiger partial charge in [0.05, 0.1) is 0 Å². The third-order valence-corrected chi connectivity index (χ3v) is 4.24. The summed E-state index contributed by atoms with van der Waals surface area (Å²) in [6.07, 6.45) is 2.27. The van der Waals surface area contributed by atoms with E-state index in [0.29, 0.717) is 11.6 Å². The molecule has 1 aliphatic rings. The number of anilines is 1. The van der Waals surface area contributed by atoms with Crippen molar-refractivity contribution in [2.24, 2.45) is 5.92 Å². The lowest BCUT2D eigenvalue weighted by molar-refractivity contribution is 0.0783. The zero-order chi connectivity index (χ0) is 15.4. The average molecular weight is 362 g/mol. The van der Waals surface area contributed by atoms with E-state index in [2.05, 4.69) is 18.9 Å². The molecule has 0 saturated carbocycles. The maximum atomic E-state index is 12.6. The highest BCUT2D eigenvalue weighted by atomic mass is 35.5. The molecular formula is C17H29Cl2N3O. The zero-order valence-electron chi connectivity index (χ0n) is 14.2. The van der Waals surface area contributed by atoms with Gasteiger partial charge in [0.25, 0.3) is 5.91 Å². The van der Waals surface area contributed by atoms with E-state index < -0.39 is 0 Å². The van der Waals surface area contributed by atoms with Crippen molar-refractivity contribution in [3.8, 4) is 0 Å². The van der Waals surface area contributed by atoms with Gasteiger partial charge in [0.1, 0.15) is 0 Å². The topological polar surface area (TPSA) is 49.6 Å². The molecule has 1 amide bonds. The van der Waals surface area contributed by atoms with Gasteiger partial charge in [-0.2, -0.15) is 0 Å². The number of carbonyl (C=O) groups is 1. The van der Waals surface area contributed by atoms with E-state index in [-0.39, 0.29) is 30.7 Å². The van der Waals surface area contributed by atoms with Crippen LogP contribution in [-0.4, -0.2) is 48.9 Å². The van der Waals surface area contributed by atoms with Gasteiger partial charge in [0, 0.05) is 30.9 Å². The molecule has 1 atom stereocenters. The Morgan fingerprint density at radius 1 is 1.39 bits per heavy atom. The monoisotopic (exact) mass is 361 g/mol. The Kier molecular flexibility index (Phi) is 9.59. The van der Waals surface area contributed by atoms with Gasteiger partial charge in [-0.25, -0.2) is 0 Å². The number of rotatable bonds is 5. The fraction of sp³-hybridized carbons (Fsp3) is 0.588. The number of nitrogens with zero attached hydrogens (tertiary/aromatic N) is 2. The molecule has 1 saturated heterocycles. The van der Waals surface area contributed by atoms with Crippen molar-refractivity contribution >= 4 is 36.4 Å². The fourth-order valence-corrected chi connectivity index (χ4v) is 3.12. The molecule has 0 aliphatic carbocycles. The molecule has 0 spiro atoms. The van der Waals surface area contributed by atoms with E-state index in [0.717, 1.165) is 43.7 Å². The normalized spacial score (nSPS) is 16.9. The lowest BCUT2D eigenvalue weighted by Crippen LogP contribution is -2.32.